The van der Waals surface area contributed by atoms with Gasteiger partial charge in [-0.1, -0.05) is 0 Å². The molecule has 1 fully saturated rings. The zero-order valence-electron chi connectivity index (χ0n) is 14.3. The van der Waals surface area contributed by atoms with Gasteiger partial charge in [-0.25, -0.2) is 9.97 Å². The van der Waals surface area contributed by atoms with Gasteiger partial charge in [0.15, 0.2) is 0 Å². The van der Waals surface area contributed by atoms with Crippen LogP contribution >= 0.6 is 0 Å². The highest BCUT2D eigenvalue weighted by Crippen LogP contribution is 2.22. The molecule has 0 saturated carbocycles. The average molecular weight is 326 g/mol. The summed E-state index contributed by atoms with van der Waals surface area (Å²) in [4.78, 5) is 34.6. The quantitative estimate of drug-likeness (QED) is 0.920. The van der Waals surface area contributed by atoms with E-state index in [9.17, 15) is 9.59 Å². The Morgan fingerprint density at radius 2 is 1.71 bits per heavy atom. The summed E-state index contributed by atoms with van der Waals surface area (Å²) in [7, 11) is 0. The molecule has 1 aromatic heterocycles. The number of hydrogen-bond acceptors (Lipinski definition) is 4. The Labute approximate surface area is 141 Å². The van der Waals surface area contributed by atoms with Crippen molar-refractivity contribution in [3.05, 3.63) is 29.6 Å². The second kappa shape index (κ2) is 6.55. The largest absolute Gasteiger partial charge is 0.343 e. The van der Waals surface area contributed by atoms with Crippen LogP contribution in [0.25, 0.3) is 11.0 Å². The van der Waals surface area contributed by atoms with E-state index >= 15 is 0 Å². The van der Waals surface area contributed by atoms with Crippen LogP contribution in [-0.2, 0) is 9.59 Å². The maximum Gasteiger partial charge on any atom is 0.227 e. The summed E-state index contributed by atoms with van der Waals surface area (Å²) in [5, 5.41) is 2.97. The minimum Gasteiger partial charge on any atom is -0.343 e. The van der Waals surface area contributed by atoms with E-state index in [-0.39, 0.29) is 17.7 Å². The van der Waals surface area contributed by atoms with Gasteiger partial charge in [0, 0.05) is 31.6 Å². The van der Waals surface area contributed by atoms with Crippen molar-refractivity contribution in [3.8, 4) is 0 Å². The predicted octanol–water partition coefficient (Wildman–Crippen LogP) is 2.44. The summed E-state index contributed by atoms with van der Waals surface area (Å²) in [6, 6.07) is 5.59. The predicted molar refractivity (Wildman–Crippen MR) is 92.6 cm³/mol. The van der Waals surface area contributed by atoms with Crippen molar-refractivity contribution >= 4 is 28.5 Å². The van der Waals surface area contributed by atoms with Crippen LogP contribution in [0.1, 0.15) is 31.2 Å². The second-order valence-electron chi connectivity index (χ2n) is 6.37. The van der Waals surface area contributed by atoms with Gasteiger partial charge in [-0.05, 0) is 44.9 Å². The molecule has 0 unspecified atom stereocenters. The molecule has 1 N–H and O–H groups in total. The van der Waals surface area contributed by atoms with Gasteiger partial charge in [-0.2, -0.15) is 0 Å². The van der Waals surface area contributed by atoms with Crippen LogP contribution in [0.4, 0.5) is 5.69 Å². The van der Waals surface area contributed by atoms with E-state index in [2.05, 4.69) is 15.3 Å². The van der Waals surface area contributed by atoms with Crippen LogP contribution < -0.4 is 5.32 Å². The number of fused-ring (bicyclic) bond motifs is 1. The molecule has 3 rings (SSSR count). The lowest BCUT2D eigenvalue weighted by Crippen LogP contribution is -2.40. The Balaban J connectivity index is 1.69. The molecule has 1 aliphatic heterocycles. The minimum absolute atomic E-state index is 0.00865. The Hall–Kier alpha value is -2.50. The van der Waals surface area contributed by atoms with Gasteiger partial charge in [0.05, 0.1) is 22.4 Å². The molecule has 1 aromatic carbocycles. The maximum atomic E-state index is 12.5. The molecule has 1 saturated heterocycles. The number of benzene rings is 1. The molecule has 0 aliphatic carbocycles. The lowest BCUT2D eigenvalue weighted by molar-refractivity contribution is -0.132. The normalized spacial score (nSPS) is 15.5. The Kier molecular flexibility index (Phi) is 4.46. The third-order valence-electron chi connectivity index (χ3n) is 4.65. The molecule has 0 atom stereocenters. The maximum absolute atomic E-state index is 12.5. The van der Waals surface area contributed by atoms with Crippen LogP contribution in [0.15, 0.2) is 18.2 Å². The number of nitrogens with zero attached hydrogens (tertiary/aromatic N) is 3. The van der Waals surface area contributed by atoms with Gasteiger partial charge >= 0.3 is 0 Å². The standard InChI is InChI=1S/C18H22N4O2/c1-11-12(2)20-17-10-15(4-5-16(17)19-11)21-18(24)14-6-8-22(9-7-14)13(3)23/h4-5,10,14H,6-9H2,1-3H3,(H,21,24). The number of carbonyl (C=O) groups excluding carboxylic acids is 2. The molecule has 1 aliphatic rings. The number of anilines is 1. The SMILES string of the molecule is CC(=O)N1CCC(C(=O)Nc2ccc3nc(C)c(C)nc3c2)CC1. The lowest BCUT2D eigenvalue weighted by Gasteiger charge is -2.30. The lowest BCUT2D eigenvalue weighted by atomic mass is 9.96. The summed E-state index contributed by atoms with van der Waals surface area (Å²) in [6.45, 7) is 6.73. The van der Waals surface area contributed by atoms with Crippen LogP contribution in [-0.4, -0.2) is 39.8 Å². The van der Waals surface area contributed by atoms with Crippen molar-refractivity contribution in [2.45, 2.75) is 33.6 Å². The van der Waals surface area contributed by atoms with E-state index in [4.69, 9.17) is 0 Å². The summed E-state index contributed by atoms with van der Waals surface area (Å²) in [6.07, 6.45) is 1.41. The second-order valence-corrected chi connectivity index (χ2v) is 6.37. The zero-order valence-corrected chi connectivity index (χ0v) is 14.3. The molecule has 24 heavy (non-hydrogen) atoms. The van der Waals surface area contributed by atoms with Crippen molar-refractivity contribution in [2.24, 2.45) is 5.92 Å². The molecular formula is C18H22N4O2. The number of aryl methyl sites for hydroxylation is 2. The highest BCUT2D eigenvalue weighted by molar-refractivity contribution is 5.94. The first-order valence-corrected chi connectivity index (χ1v) is 8.25. The van der Waals surface area contributed by atoms with E-state index < -0.39 is 0 Å². The topological polar surface area (TPSA) is 75.2 Å². The first-order chi connectivity index (χ1) is 11.4. The molecule has 0 bridgehead atoms. The number of piperidine rings is 1. The highest BCUT2D eigenvalue weighted by Gasteiger charge is 2.26. The number of aromatic nitrogens is 2. The highest BCUT2D eigenvalue weighted by atomic mass is 16.2. The van der Waals surface area contributed by atoms with Gasteiger partial charge < -0.3 is 10.2 Å². The third kappa shape index (κ3) is 3.37. The molecule has 0 spiro atoms. The van der Waals surface area contributed by atoms with Crippen LogP contribution in [0.2, 0.25) is 0 Å². The molecular weight excluding hydrogens is 304 g/mol. The monoisotopic (exact) mass is 326 g/mol. The minimum atomic E-state index is -0.0536. The van der Waals surface area contributed by atoms with Gasteiger partial charge in [0.1, 0.15) is 0 Å². The molecule has 2 aromatic rings. The zero-order chi connectivity index (χ0) is 17.3. The van der Waals surface area contributed by atoms with E-state index in [1.54, 1.807) is 11.8 Å². The first-order valence-electron chi connectivity index (χ1n) is 8.25. The molecule has 126 valence electrons. The third-order valence-corrected chi connectivity index (χ3v) is 4.65. The van der Waals surface area contributed by atoms with Crippen LogP contribution in [0.3, 0.4) is 0 Å². The van der Waals surface area contributed by atoms with Gasteiger partial charge in [-0.15, -0.1) is 0 Å². The van der Waals surface area contributed by atoms with Crippen molar-refractivity contribution in [2.75, 3.05) is 18.4 Å². The van der Waals surface area contributed by atoms with E-state index in [0.717, 1.165) is 28.1 Å². The van der Waals surface area contributed by atoms with Crippen molar-refractivity contribution in [1.29, 1.82) is 0 Å². The Bertz CT molecular complexity index is 795. The van der Waals surface area contributed by atoms with Crippen molar-refractivity contribution in [1.82, 2.24) is 14.9 Å². The number of rotatable bonds is 2. The molecule has 2 amide bonds. The van der Waals surface area contributed by atoms with Crippen LogP contribution in [0.5, 0.6) is 0 Å². The number of hydrogen-bond donors (Lipinski definition) is 1. The number of amides is 2. The summed E-state index contributed by atoms with van der Waals surface area (Å²) in [5.74, 6) is 0.0316. The smallest absolute Gasteiger partial charge is 0.227 e. The molecule has 0 radical (unpaired) electrons. The van der Waals surface area contributed by atoms with Gasteiger partial charge in [0.25, 0.3) is 0 Å². The van der Waals surface area contributed by atoms with Gasteiger partial charge in [0.2, 0.25) is 11.8 Å². The average Bonchev–Trinajstić information content (AvgIpc) is 2.56. The van der Waals surface area contributed by atoms with Gasteiger partial charge in [-0.3, -0.25) is 9.59 Å². The Morgan fingerprint density at radius 3 is 2.33 bits per heavy atom. The first kappa shape index (κ1) is 16.4. The number of carbonyl (C=O) groups is 2. The fourth-order valence-electron chi connectivity index (χ4n) is 3.01. The van der Waals surface area contributed by atoms with Crippen molar-refractivity contribution < 1.29 is 9.59 Å². The van der Waals surface area contributed by atoms with Crippen molar-refractivity contribution in [3.63, 3.8) is 0 Å². The van der Waals surface area contributed by atoms with E-state index in [1.165, 1.54) is 0 Å². The summed E-state index contributed by atoms with van der Waals surface area (Å²) < 4.78 is 0. The van der Waals surface area contributed by atoms with E-state index in [0.29, 0.717) is 25.9 Å². The molecule has 6 heteroatoms. The Morgan fingerprint density at radius 1 is 1.08 bits per heavy atom. The van der Waals surface area contributed by atoms with Crippen LogP contribution in [0, 0.1) is 19.8 Å². The summed E-state index contributed by atoms with van der Waals surface area (Å²) in [5.41, 5.74) is 4.14. The molecule has 6 nitrogen and oxygen atoms in total. The fraction of sp³-hybridized carbons (Fsp3) is 0.444. The number of likely N-dealkylation sites (tertiary alicyclic amines) is 1. The fourth-order valence-corrected chi connectivity index (χ4v) is 3.01. The summed E-state index contributed by atoms with van der Waals surface area (Å²) >= 11 is 0. The van der Waals surface area contributed by atoms with E-state index in [1.807, 2.05) is 32.0 Å². The number of nitrogens with one attached hydrogen (secondary N) is 1. The molecule has 2 heterocycles.